The fraction of sp³-hybridized carbons (Fsp3) is 0.455. The van der Waals surface area contributed by atoms with Crippen LogP contribution in [0.25, 0.3) is 0 Å². The van der Waals surface area contributed by atoms with E-state index in [2.05, 4.69) is 11.3 Å². The number of carboxylic acid groups (broad SMARTS) is 1. The standard InChI is InChI=1S/C11H16O4/c1-5-7(3)8(6-2)9(10(12)13)11(14)15-4/h5-6,8-9H,2H2,1,3-4H3,(H,12,13)/b7-5+. The van der Waals surface area contributed by atoms with Gasteiger partial charge in [0.25, 0.3) is 0 Å². The maximum Gasteiger partial charge on any atom is 0.320 e. The molecule has 2 atom stereocenters. The average molecular weight is 212 g/mol. The predicted octanol–water partition coefficient (Wildman–Crippen LogP) is 1.63. The second-order valence-corrected chi connectivity index (χ2v) is 3.13. The Morgan fingerprint density at radius 1 is 1.47 bits per heavy atom. The van der Waals surface area contributed by atoms with Gasteiger partial charge in [-0.25, -0.2) is 0 Å². The van der Waals surface area contributed by atoms with E-state index in [1.54, 1.807) is 19.9 Å². The highest BCUT2D eigenvalue weighted by Gasteiger charge is 2.34. The molecule has 0 spiro atoms. The number of esters is 1. The maximum atomic E-state index is 11.3. The molecule has 0 aliphatic carbocycles. The zero-order valence-corrected chi connectivity index (χ0v) is 9.19. The number of carbonyl (C=O) groups excluding carboxylic acids is 1. The number of ether oxygens (including phenoxy) is 1. The smallest absolute Gasteiger partial charge is 0.320 e. The van der Waals surface area contributed by atoms with Gasteiger partial charge in [0.15, 0.2) is 5.92 Å². The lowest BCUT2D eigenvalue weighted by molar-refractivity contribution is -0.158. The zero-order chi connectivity index (χ0) is 12.0. The summed E-state index contributed by atoms with van der Waals surface area (Å²) < 4.78 is 4.46. The minimum atomic E-state index is -1.22. The van der Waals surface area contributed by atoms with E-state index in [0.717, 1.165) is 5.57 Å². The van der Waals surface area contributed by atoms with Crippen molar-refractivity contribution in [2.75, 3.05) is 7.11 Å². The first-order chi connectivity index (χ1) is 6.99. The Balaban J connectivity index is 5.12. The minimum absolute atomic E-state index is 0.528. The van der Waals surface area contributed by atoms with Crippen LogP contribution in [0.1, 0.15) is 13.8 Å². The molecule has 84 valence electrons. The van der Waals surface area contributed by atoms with Crippen LogP contribution in [0.5, 0.6) is 0 Å². The summed E-state index contributed by atoms with van der Waals surface area (Å²) in [5, 5.41) is 8.94. The van der Waals surface area contributed by atoms with Crippen LogP contribution >= 0.6 is 0 Å². The van der Waals surface area contributed by atoms with Crippen molar-refractivity contribution in [2.45, 2.75) is 13.8 Å². The van der Waals surface area contributed by atoms with Gasteiger partial charge in [-0.05, 0) is 13.8 Å². The molecule has 0 fully saturated rings. The molecule has 1 N–H and O–H groups in total. The fourth-order valence-electron chi connectivity index (χ4n) is 1.31. The molecule has 0 rings (SSSR count). The Morgan fingerprint density at radius 3 is 2.27 bits per heavy atom. The minimum Gasteiger partial charge on any atom is -0.481 e. The lowest BCUT2D eigenvalue weighted by Crippen LogP contribution is -2.32. The van der Waals surface area contributed by atoms with Gasteiger partial charge in [0.05, 0.1) is 7.11 Å². The van der Waals surface area contributed by atoms with Gasteiger partial charge in [-0.3, -0.25) is 9.59 Å². The molecule has 15 heavy (non-hydrogen) atoms. The number of carboxylic acids is 1. The quantitative estimate of drug-likeness (QED) is 0.427. The van der Waals surface area contributed by atoms with Crippen molar-refractivity contribution < 1.29 is 19.4 Å². The van der Waals surface area contributed by atoms with Gasteiger partial charge in [0.1, 0.15) is 0 Å². The van der Waals surface area contributed by atoms with Crippen molar-refractivity contribution in [3.05, 3.63) is 24.3 Å². The molecular formula is C11H16O4. The lowest BCUT2D eigenvalue weighted by atomic mass is 9.86. The number of methoxy groups -OCH3 is 1. The van der Waals surface area contributed by atoms with E-state index in [0.29, 0.717) is 0 Å². The number of hydrogen-bond acceptors (Lipinski definition) is 3. The molecule has 4 heteroatoms. The van der Waals surface area contributed by atoms with E-state index >= 15 is 0 Å². The Kier molecular flexibility index (Phi) is 5.37. The lowest BCUT2D eigenvalue weighted by Gasteiger charge is -2.19. The summed E-state index contributed by atoms with van der Waals surface area (Å²) in [7, 11) is 1.17. The summed E-state index contributed by atoms with van der Waals surface area (Å²) in [5.41, 5.74) is 0.780. The van der Waals surface area contributed by atoms with Crippen LogP contribution in [-0.4, -0.2) is 24.2 Å². The number of aliphatic carboxylic acids is 1. The third-order valence-electron chi connectivity index (χ3n) is 2.32. The van der Waals surface area contributed by atoms with Crippen molar-refractivity contribution in [3.63, 3.8) is 0 Å². The zero-order valence-electron chi connectivity index (χ0n) is 9.19. The molecule has 0 aromatic rings. The average Bonchev–Trinajstić information content (AvgIpc) is 2.22. The SMILES string of the molecule is C=CC(/C(C)=C/C)C(C(=O)O)C(=O)OC. The molecule has 0 saturated carbocycles. The molecule has 0 heterocycles. The van der Waals surface area contributed by atoms with Crippen LogP contribution < -0.4 is 0 Å². The van der Waals surface area contributed by atoms with Crippen molar-refractivity contribution >= 4 is 11.9 Å². The van der Waals surface area contributed by atoms with Crippen LogP contribution in [0.2, 0.25) is 0 Å². The Hall–Kier alpha value is -1.58. The fourth-order valence-corrected chi connectivity index (χ4v) is 1.31. The van der Waals surface area contributed by atoms with Gasteiger partial charge in [0.2, 0.25) is 0 Å². The molecule has 0 saturated heterocycles. The summed E-state index contributed by atoms with van der Waals surface area (Å²) in [4.78, 5) is 22.2. The van der Waals surface area contributed by atoms with E-state index in [-0.39, 0.29) is 0 Å². The Labute approximate surface area is 89.2 Å². The number of carbonyl (C=O) groups is 2. The van der Waals surface area contributed by atoms with Crippen LogP contribution in [-0.2, 0) is 14.3 Å². The summed E-state index contributed by atoms with van der Waals surface area (Å²) in [5.74, 6) is -3.70. The van der Waals surface area contributed by atoms with E-state index in [4.69, 9.17) is 5.11 Å². The topological polar surface area (TPSA) is 63.6 Å². The van der Waals surface area contributed by atoms with Crippen LogP contribution in [0.4, 0.5) is 0 Å². The molecule has 2 unspecified atom stereocenters. The highest BCUT2D eigenvalue weighted by Crippen LogP contribution is 2.23. The van der Waals surface area contributed by atoms with Crippen LogP contribution in [0, 0.1) is 11.8 Å². The molecule has 0 bridgehead atoms. The summed E-state index contributed by atoms with van der Waals surface area (Å²) in [6.07, 6.45) is 3.20. The maximum absolute atomic E-state index is 11.3. The highest BCUT2D eigenvalue weighted by atomic mass is 16.5. The molecular weight excluding hydrogens is 196 g/mol. The van der Waals surface area contributed by atoms with Gasteiger partial charge in [-0.1, -0.05) is 17.7 Å². The first-order valence-electron chi connectivity index (χ1n) is 4.55. The third-order valence-corrected chi connectivity index (χ3v) is 2.32. The van der Waals surface area contributed by atoms with Gasteiger partial charge >= 0.3 is 11.9 Å². The van der Waals surface area contributed by atoms with Crippen molar-refractivity contribution in [1.82, 2.24) is 0 Å². The highest BCUT2D eigenvalue weighted by molar-refractivity contribution is 5.94. The number of rotatable bonds is 5. The summed E-state index contributed by atoms with van der Waals surface area (Å²) >= 11 is 0. The van der Waals surface area contributed by atoms with Gasteiger partial charge in [-0.15, -0.1) is 6.58 Å². The summed E-state index contributed by atoms with van der Waals surface area (Å²) in [6, 6.07) is 0. The van der Waals surface area contributed by atoms with E-state index < -0.39 is 23.8 Å². The monoisotopic (exact) mass is 212 g/mol. The Bertz CT molecular complexity index is 291. The number of hydrogen-bond donors (Lipinski definition) is 1. The van der Waals surface area contributed by atoms with E-state index in [1.807, 2.05) is 0 Å². The molecule has 0 radical (unpaired) electrons. The third kappa shape index (κ3) is 3.23. The van der Waals surface area contributed by atoms with Crippen LogP contribution in [0.3, 0.4) is 0 Å². The van der Waals surface area contributed by atoms with Gasteiger partial charge < -0.3 is 9.84 Å². The first kappa shape index (κ1) is 13.4. The first-order valence-corrected chi connectivity index (χ1v) is 4.55. The normalized spacial score (nSPS) is 15.3. The second-order valence-electron chi connectivity index (χ2n) is 3.13. The molecule has 0 aliphatic rings. The van der Waals surface area contributed by atoms with Gasteiger partial charge in [-0.2, -0.15) is 0 Å². The second kappa shape index (κ2) is 6.01. The molecule has 0 aliphatic heterocycles. The molecule has 4 nitrogen and oxygen atoms in total. The molecule has 0 aromatic heterocycles. The predicted molar refractivity (Wildman–Crippen MR) is 56.3 cm³/mol. The van der Waals surface area contributed by atoms with Crippen molar-refractivity contribution in [2.24, 2.45) is 11.8 Å². The number of allylic oxidation sites excluding steroid dienone is 3. The van der Waals surface area contributed by atoms with E-state index in [9.17, 15) is 9.59 Å². The van der Waals surface area contributed by atoms with E-state index in [1.165, 1.54) is 13.2 Å². The van der Waals surface area contributed by atoms with Gasteiger partial charge in [0, 0.05) is 5.92 Å². The van der Waals surface area contributed by atoms with Crippen molar-refractivity contribution in [3.8, 4) is 0 Å². The Morgan fingerprint density at radius 2 is 2.00 bits per heavy atom. The molecule has 0 amide bonds. The molecule has 0 aromatic carbocycles. The van der Waals surface area contributed by atoms with Crippen molar-refractivity contribution in [1.29, 1.82) is 0 Å². The largest absolute Gasteiger partial charge is 0.481 e. The van der Waals surface area contributed by atoms with Crippen LogP contribution in [0.15, 0.2) is 24.3 Å². The summed E-state index contributed by atoms with van der Waals surface area (Å²) in [6.45, 7) is 7.07.